The Morgan fingerprint density at radius 2 is 2.44 bits per heavy atom. The Morgan fingerprint density at radius 3 is 3.11 bits per heavy atom. The lowest BCUT2D eigenvalue weighted by Gasteiger charge is -2.11. The van der Waals surface area contributed by atoms with E-state index in [1.165, 1.54) is 0 Å². The third kappa shape index (κ3) is 7.39. The van der Waals surface area contributed by atoms with Crippen molar-refractivity contribution in [2.24, 2.45) is 5.73 Å². The molecule has 0 radical (unpaired) electrons. The van der Waals surface area contributed by atoms with E-state index in [4.69, 9.17) is 10.5 Å². The summed E-state index contributed by atoms with van der Waals surface area (Å²) >= 11 is 1.64. The van der Waals surface area contributed by atoms with E-state index in [1.807, 2.05) is 17.5 Å². The van der Waals surface area contributed by atoms with Gasteiger partial charge in [-0.25, -0.2) is 0 Å². The van der Waals surface area contributed by atoms with Crippen LogP contribution in [-0.4, -0.2) is 36.8 Å². The largest absolute Gasteiger partial charge is 0.389 e. The van der Waals surface area contributed by atoms with E-state index >= 15 is 0 Å². The lowest BCUT2D eigenvalue weighted by atomic mass is 10.3. The number of nitrogens with one attached hydrogen (secondary N) is 1. The molecule has 1 heterocycles. The highest BCUT2D eigenvalue weighted by Crippen LogP contribution is 2.09. The Balaban J connectivity index is 1.93. The first-order valence-corrected chi connectivity index (χ1v) is 6.83. The molecular weight excluding hydrogens is 252 g/mol. The molecule has 1 atom stereocenters. The predicted octanol–water partition coefficient (Wildman–Crippen LogP) is 0.481. The molecule has 1 unspecified atom stereocenters. The topological polar surface area (TPSA) is 84.6 Å². The second-order valence-electron chi connectivity index (χ2n) is 4.02. The minimum atomic E-state index is -0.529. The summed E-state index contributed by atoms with van der Waals surface area (Å²) in [4.78, 5) is 11.6. The number of carbonyl (C=O) groups is 1. The van der Waals surface area contributed by atoms with Crippen LogP contribution in [0.1, 0.15) is 17.7 Å². The highest BCUT2D eigenvalue weighted by Gasteiger charge is 2.04. The van der Waals surface area contributed by atoms with Gasteiger partial charge in [0.1, 0.15) is 0 Å². The van der Waals surface area contributed by atoms with Gasteiger partial charge in [0.05, 0.1) is 19.3 Å². The zero-order valence-electron chi connectivity index (χ0n) is 10.3. The molecular formula is C12H20N2O3S. The quantitative estimate of drug-likeness (QED) is 0.541. The summed E-state index contributed by atoms with van der Waals surface area (Å²) in [5.74, 6) is -0.295. The van der Waals surface area contributed by atoms with Gasteiger partial charge in [-0.3, -0.25) is 4.79 Å². The minimum Gasteiger partial charge on any atom is -0.389 e. The van der Waals surface area contributed by atoms with Crippen LogP contribution in [0.5, 0.6) is 0 Å². The van der Waals surface area contributed by atoms with Gasteiger partial charge in [-0.1, -0.05) is 6.07 Å². The molecule has 0 aliphatic rings. The van der Waals surface area contributed by atoms with Gasteiger partial charge in [0.15, 0.2) is 0 Å². The van der Waals surface area contributed by atoms with E-state index in [-0.39, 0.29) is 5.91 Å². The Bertz CT molecular complexity index is 330. The maximum absolute atomic E-state index is 10.5. The fraction of sp³-hybridized carbons (Fsp3) is 0.583. The molecule has 0 spiro atoms. The maximum Gasteiger partial charge on any atom is 0.217 e. The van der Waals surface area contributed by atoms with E-state index in [2.05, 4.69) is 5.32 Å². The van der Waals surface area contributed by atoms with E-state index in [9.17, 15) is 9.90 Å². The summed E-state index contributed by atoms with van der Waals surface area (Å²) in [6.07, 6.45) is 0.536. The van der Waals surface area contributed by atoms with Gasteiger partial charge >= 0.3 is 0 Å². The Labute approximate surface area is 111 Å². The zero-order chi connectivity index (χ0) is 13.2. The number of primary amides is 1. The molecule has 5 nitrogen and oxygen atoms in total. The highest BCUT2D eigenvalue weighted by molar-refractivity contribution is 7.09. The molecule has 0 bridgehead atoms. The maximum atomic E-state index is 10.5. The molecule has 1 aromatic heterocycles. The van der Waals surface area contributed by atoms with E-state index < -0.39 is 6.10 Å². The Morgan fingerprint density at radius 1 is 1.61 bits per heavy atom. The predicted molar refractivity (Wildman–Crippen MR) is 71.3 cm³/mol. The number of thiophene rings is 1. The molecule has 102 valence electrons. The summed E-state index contributed by atoms with van der Waals surface area (Å²) in [5, 5.41) is 14.7. The van der Waals surface area contributed by atoms with E-state index in [0.29, 0.717) is 39.1 Å². The number of hydrogen-bond acceptors (Lipinski definition) is 5. The van der Waals surface area contributed by atoms with Gasteiger partial charge in [0, 0.05) is 17.8 Å². The minimum absolute atomic E-state index is 0.295. The highest BCUT2D eigenvalue weighted by atomic mass is 32.1. The summed E-state index contributed by atoms with van der Waals surface area (Å²) in [6, 6.07) is 3.97. The number of nitrogens with two attached hydrogens (primary N) is 1. The molecule has 0 aromatic carbocycles. The first kappa shape index (κ1) is 15.1. The van der Waals surface area contributed by atoms with Crippen molar-refractivity contribution >= 4 is 17.2 Å². The van der Waals surface area contributed by atoms with Gasteiger partial charge in [0.2, 0.25) is 5.91 Å². The molecule has 0 aliphatic heterocycles. The van der Waals surface area contributed by atoms with E-state index in [1.54, 1.807) is 11.3 Å². The van der Waals surface area contributed by atoms with Crippen LogP contribution in [0.3, 0.4) is 0 Å². The van der Waals surface area contributed by atoms with Crippen LogP contribution in [0.15, 0.2) is 17.5 Å². The van der Waals surface area contributed by atoms with Gasteiger partial charge in [-0.05, 0) is 24.4 Å². The van der Waals surface area contributed by atoms with Crippen LogP contribution < -0.4 is 11.1 Å². The van der Waals surface area contributed by atoms with Gasteiger partial charge in [0.25, 0.3) is 0 Å². The lowest BCUT2D eigenvalue weighted by Crippen LogP contribution is -2.31. The van der Waals surface area contributed by atoms with Crippen molar-refractivity contribution in [3.8, 4) is 0 Å². The smallest absolute Gasteiger partial charge is 0.217 e. The first-order valence-electron chi connectivity index (χ1n) is 5.95. The van der Waals surface area contributed by atoms with Crippen LogP contribution in [0.4, 0.5) is 0 Å². The van der Waals surface area contributed by atoms with Gasteiger partial charge < -0.3 is 20.9 Å². The summed E-state index contributed by atoms with van der Waals surface area (Å²) < 4.78 is 5.38. The molecule has 1 amide bonds. The third-order valence-corrected chi connectivity index (χ3v) is 3.14. The lowest BCUT2D eigenvalue weighted by molar-refractivity contribution is -0.118. The molecule has 0 saturated heterocycles. The molecule has 0 fully saturated rings. The van der Waals surface area contributed by atoms with Crippen LogP contribution in [0, 0.1) is 0 Å². The van der Waals surface area contributed by atoms with Gasteiger partial charge in [-0.2, -0.15) is 0 Å². The number of hydrogen-bond donors (Lipinski definition) is 3. The summed E-state index contributed by atoms with van der Waals surface area (Å²) in [6.45, 7) is 1.98. The Kier molecular flexibility index (Phi) is 7.59. The third-order valence-electron chi connectivity index (χ3n) is 2.29. The van der Waals surface area contributed by atoms with Crippen LogP contribution >= 0.6 is 11.3 Å². The monoisotopic (exact) mass is 272 g/mol. The summed E-state index contributed by atoms with van der Waals surface area (Å²) in [7, 11) is 0. The molecule has 0 saturated carbocycles. The average Bonchev–Trinajstić information content (AvgIpc) is 2.81. The standard InChI is InChI=1S/C12H20N2O3S/c13-12(16)4-1-5-14-7-10(15)8-17-9-11-3-2-6-18-11/h2-3,6,10,14-15H,1,4-5,7-9H2,(H2,13,16). The van der Waals surface area contributed by atoms with Crippen molar-refractivity contribution in [1.29, 1.82) is 0 Å². The van der Waals surface area contributed by atoms with Crippen molar-refractivity contribution in [3.63, 3.8) is 0 Å². The number of ether oxygens (including phenoxy) is 1. The zero-order valence-corrected chi connectivity index (χ0v) is 11.1. The van der Waals surface area contributed by atoms with Crippen LogP contribution in [0.2, 0.25) is 0 Å². The number of amides is 1. The molecule has 4 N–H and O–H groups in total. The second-order valence-corrected chi connectivity index (χ2v) is 5.05. The SMILES string of the molecule is NC(=O)CCCNCC(O)COCc1cccs1. The molecule has 6 heteroatoms. The van der Waals surface area contributed by atoms with Crippen molar-refractivity contribution in [1.82, 2.24) is 5.32 Å². The molecule has 1 rings (SSSR count). The van der Waals surface area contributed by atoms with Crippen molar-refractivity contribution in [2.45, 2.75) is 25.6 Å². The molecule has 18 heavy (non-hydrogen) atoms. The van der Waals surface area contributed by atoms with Crippen LogP contribution in [-0.2, 0) is 16.1 Å². The van der Waals surface area contributed by atoms with Crippen molar-refractivity contribution in [3.05, 3.63) is 22.4 Å². The van der Waals surface area contributed by atoms with Gasteiger partial charge in [-0.15, -0.1) is 11.3 Å². The average molecular weight is 272 g/mol. The van der Waals surface area contributed by atoms with E-state index in [0.717, 1.165) is 4.88 Å². The fourth-order valence-electron chi connectivity index (χ4n) is 1.41. The summed E-state index contributed by atoms with van der Waals surface area (Å²) in [5.41, 5.74) is 5.01. The number of aliphatic hydroxyl groups is 1. The number of rotatable bonds is 10. The molecule has 1 aromatic rings. The first-order chi connectivity index (χ1) is 8.68. The Hall–Kier alpha value is -0.950. The van der Waals surface area contributed by atoms with Crippen molar-refractivity contribution in [2.75, 3.05) is 19.7 Å². The second kappa shape index (κ2) is 9.04. The molecule has 0 aliphatic carbocycles. The fourth-order valence-corrected chi connectivity index (χ4v) is 2.05. The van der Waals surface area contributed by atoms with Crippen LogP contribution in [0.25, 0.3) is 0 Å². The van der Waals surface area contributed by atoms with Crippen molar-refractivity contribution < 1.29 is 14.6 Å². The number of aliphatic hydroxyl groups excluding tert-OH is 1. The normalized spacial score (nSPS) is 12.5. The number of carbonyl (C=O) groups excluding carboxylic acids is 1.